The van der Waals surface area contributed by atoms with Gasteiger partial charge < -0.3 is 15.4 Å². The van der Waals surface area contributed by atoms with Crippen LogP contribution in [-0.4, -0.2) is 49.8 Å². The monoisotopic (exact) mass is 288 g/mol. The summed E-state index contributed by atoms with van der Waals surface area (Å²) in [4.78, 5) is 11.9. The fraction of sp³-hybridized carbons (Fsp3) is 0.929. The van der Waals surface area contributed by atoms with Crippen LogP contribution in [0.3, 0.4) is 0 Å². The Balaban J connectivity index is 2.37. The van der Waals surface area contributed by atoms with Crippen LogP contribution in [0.2, 0.25) is 0 Å². The fourth-order valence-electron chi connectivity index (χ4n) is 2.25. The summed E-state index contributed by atoms with van der Waals surface area (Å²) < 4.78 is 5.48. The van der Waals surface area contributed by atoms with Gasteiger partial charge in [-0.15, -0.1) is 11.8 Å². The molecule has 0 aromatic heterocycles. The minimum absolute atomic E-state index is 0.113. The van der Waals surface area contributed by atoms with Crippen LogP contribution in [0.25, 0.3) is 0 Å². The second kappa shape index (κ2) is 7.50. The summed E-state index contributed by atoms with van der Waals surface area (Å²) in [6, 6.07) is 0. The van der Waals surface area contributed by atoms with Crippen molar-refractivity contribution in [3.63, 3.8) is 0 Å². The van der Waals surface area contributed by atoms with Crippen molar-refractivity contribution in [1.82, 2.24) is 10.6 Å². The average molecular weight is 288 g/mol. The van der Waals surface area contributed by atoms with Gasteiger partial charge in [0.1, 0.15) is 0 Å². The highest BCUT2D eigenvalue weighted by molar-refractivity contribution is 8.01. The quantitative estimate of drug-likeness (QED) is 0.780. The van der Waals surface area contributed by atoms with Gasteiger partial charge in [-0.2, -0.15) is 0 Å². The van der Waals surface area contributed by atoms with Crippen LogP contribution in [0.5, 0.6) is 0 Å². The highest BCUT2D eigenvalue weighted by atomic mass is 32.2. The van der Waals surface area contributed by atoms with E-state index < -0.39 is 0 Å². The third kappa shape index (κ3) is 6.63. The van der Waals surface area contributed by atoms with Crippen LogP contribution in [0.4, 0.5) is 0 Å². The third-order valence-electron chi connectivity index (χ3n) is 3.41. The van der Waals surface area contributed by atoms with E-state index in [0.717, 1.165) is 39.1 Å². The Morgan fingerprint density at radius 1 is 1.37 bits per heavy atom. The Hall–Kier alpha value is -0.260. The second-order valence-corrected chi connectivity index (χ2v) is 8.16. The van der Waals surface area contributed by atoms with Crippen LogP contribution in [-0.2, 0) is 9.53 Å². The minimum Gasteiger partial charge on any atom is -0.384 e. The van der Waals surface area contributed by atoms with Crippen molar-refractivity contribution in [2.75, 3.05) is 39.1 Å². The predicted molar refractivity (Wildman–Crippen MR) is 81.6 cm³/mol. The zero-order chi connectivity index (χ0) is 14.4. The summed E-state index contributed by atoms with van der Waals surface area (Å²) in [6.07, 6.45) is 2.13. The summed E-state index contributed by atoms with van der Waals surface area (Å²) in [5.74, 6) is 0.666. The zero-order valence-electron chi connectivity index (χ0n) is 12.7. The molecule has 1 amide bonds. The lowest BCUT2D eigenvalue weighted by molar-refractivity contribution is -0.119. The van der Waals surface area contributed by atoms with Crippen molar-refractivity contribution < 1.29 is 9.53 Å². The van der Waals surface area contributed by atoms with Gasteiger partial charge in [-0.05, 0) is 25.9 Å². The number of amides is 1. The zero-order valence-corrected chi connectivity index (χ0v) is 13.5. The van der Waals surface area contributed by atoms with Crippen molar-refractivity contribution >= 4 is 17.7 Å². The molecule has 0 bridgehead atoms. The maximum absolute atomic E-state index is 11.9. The number of ether oxygens (including phenoxy) is 1. The molecule has 0 aromatic carbocycles. The number of hydrogen-bond acceptors (Lipinski definition) is 4. The van der Waals surface area contributed by atoms with E-state index in [4.69, 9.17) is 4.74 Å². The fourth-order valence-corrected chi connectivity index (χ4v) is 2.92. The summed E-state index contributed by atoms with van der Waals surface area (Å²) in [5.41, 5.74) is 0.113. The molecule has 0 spiro atoms. The molecule has 112 valence electrons. The van der Waals surface area contributed by atoms with E-state index in [1.807, 2.05) is 0 Å². The van der Waals surface area contributed by atoms with Gasteiger partial charge in [0.2, 0.25) is 5.91 Å². The normalized spacial score (nSPS) is 19.2. The maximum atomic E-state index is 11.9. The van der Waals surface area contributed by atoms with Crippen LogP contribution in [0.1, 0.15) is 33.6 Å². The number of carbonyl (C=O) groups is 1. The van der Waals surface area contributed by atoms with Crippen LogP contribution >= 0.6 is 11.8 Å². The molecule has 0 saturated carbocycles. The largest absolute Gasteiger partial charge is 0.384 e. The van der Waals surface area contributed by atoms with E-state index >= 15 is 0 Å². The average Bonchev–Trinajstić information content (AvgIpc) is 2.35. The number of carbonyl (C=O) groups excluding carboxylic acids is 1. The lowest BCUT2D eigenvalue weighted by Crippen LogP contribution is -2.47. The Labute approximate surface area is 121 Å². The molecule has 4 nitrogen and oxygen atoms in total. The lowest BCUT2D eigenvalue weighted by Gasteiger charge is -2.37. The van der Waals surface area contributed by atoms with E-state index in [1.165, 1.54) is 0 Å². The van der Waals surface area contributed by atoms with Gasteiger partial charge in [0.25, 0.3) is 0 Å². The van der Waals surface area contributed by atoms with Gasteiger partial charge in [-0.1, -0.05) is 20.8 Å². The highest BCUT2D eigenvalue weighted by Crippen LogP contribution is 2.28. The Bertz CT molecular complexity index is 278. The molecule has 1 aliphatic rings. The molecule has 2 N–H and O–H groups in total. The van der Waals surface area contributed by atoms with Gasteiger partial charge in [0, 0.05) is 23.8 Å². The molecule has 1 saturated heterocycles. The van der Waals surface area contributed by atoms with Crippen LogP contribution < -0.4 is 10.6 Å². The van der Waals surface area contributed by atoms with Crippen molar-refractivity contribution in [2.45, 2.75) is 38.4 Å². The van der Waals surface area contributed by atoms with Crippen molar-refractivity contribution in [1.29, 1.82) is 0 Å². The number of piperidine rings is 1. The number of nitrogens with one attached hydrogen (secondary N) is 2. The van der Waals surface area contributed by atoms with E-state index in [-0.39, 0.29) is 16.1 Å². The first kappa shape index (κ1) is 16.8. The molecule has 0 atom stereocenters. The SMILES string of the molecule is COCC1(CNC(=O)CSC(C)(C)C)CCNCC1. The van der Waals surface area contributed by atoms with Crippen LogP contribution in [0.15, 0.2) is 0 Å². The molecule has 1 aliphatic heterocycles. The first-order valence-corrected chi connectivity index (χ1v) is 7.96. The summed E-state index contributed by atoms with van der Waals surface area (Å²) in [6.45, 7) is 9.86. The van der Waals surface area contributed by atoms with Gasteiger partial charge in [0.05, 0.1) is 12.4 Å². The smallest absolute Gasteiger partial charge is 0.230 e. The van der Waals surface area contributed by atoms with Gasteiger partial charge in [-0.3, -0.25) is 4.79 Å². The molecule has 1 rings (SSSR count). The number of hydrogen-bond donors (Lipinski definition) is 2. The molecular weight excluding hydrogens is 260 g/mol. The Morgan fingerprint density at radius 2 is 2.00 bits per heavy atom. The van der Waals surface area contributed by atoms with Crippen molar-refractivity contribution in [3.05, 3.63) is 0 Å². The number of methoxy groups -OCH3 is 1. The van der Waals surface area contributed by atoms with Crippen molar-refractivity contribution in [3.8, 4) is 0 Å². The number of rotatable bonds is 6. The van der Waals surface area contributed by atoms with E-state index in [0.29, 0.717) is 5.75 Å². The molecule has 5 heteroatoms. The standard InChI is InChI=1S/C14H28N2O2S/c1-13(2,3)19-9-12(17)16-10-14(11-18-4)5-7-15-8-6-14/h15H,5-11H2,1-4H3,(H,16,17). The van der Waals surface area contributed by atoms with Crippen LogP contribution in [0, 0.1) is 5.41 Å². The minimum atomic E-state index is 0.113. The summed E-state index contributed by atoms with van der Waals surface area (Å²) in [7, 11) is 1.74. The third-order valence-corrected chi connectivity index (χ3v) is 4.68. The Morgan fingerprint density at radius 3 is 2.53 bits per heavy atom. The van der Waals surface area contributed by atoms with Gasteiger partial charge >= 0.3 is 0 Å². The highest BCUT2D eigenvalue weighted by Gasteiger charge is 2.32. The van der Waals surface area contributed by atoms with Gasteiger partial charge in [-0.25, -0.2) is 0 Å². The first-order valence-electron chi connectivity index (χ1n) is 6.97. The predicted octanol–water partition coefficient (Wildman–Crippen LogP) is 1.65. The van der Waals surface area contributed by atoms with E-state index in [9.17, 15) is 4.79 Å². The van der Waals surface area contributed by atoms with E-state index in [1.54, 1.807) is 18.9 Å². The van der Waals surface area contributed by atoms with Crippen molar-refractivity contribution in [2.24, 2.45) is 5.41 Å². The van der Waals surface area contributed by atoms with E-state index in [2.05, 4.69) is 31.4 Å². The maximum Gasteiger partial charge on any atom is 0.230 e. The summed E-state index contributed by atoms with van der Waals surface area (Å²) in [5, 5.41) is 6.44. The van der Waals surface area contributed by atoms with Gasteiger partial charge in [0.15, 0.2) is 0 Å². The molecule has 0 unspecified atom stereocenters. The molecule has 0 aromatic rings. The first-order chi connectivity index (χ1) is 8.87. The second-order valence-electron chi connectivity index (χ2n) is 6.36. The number of thioether (sulfide) groups is 1. The molecule has 1 heterocycles. The molecule has 0 aliphatic carbocycles. The molecule has 0 radical (unpaired) electrons. The summed E-state index contributed by atoms with van der Waals surface area (Å²) >= 11 is 1.68. The topological polar surface area (TPSA) is 50.4 Å². The Kier molecular flexibility index (Phi) is 6.63. The molecular formula is C14H28N2O2S. The lowest BCUT2D eigenvalue weighted by atomic mass is 9.79. The molecule has 1 fully saturated rings. The molecule has 19 heavy (non-hydrogen) atoms.